The number of nitrogens with one attached hydrogen (secondary N) is 3. The number of hydrogen-bond acceptors (Lipinski definition) is 6. The molecule has 1 aliphatic heterocycles. The van der Waals surface area contributed by atoms with E-state index in [4.69, 9.17) is 4.98 Å². The molecule has 0 amide bonds. The minimum atomic E-state index is 0.488. The molecule has 2 aromatic rings. The summed E-state index contributed by atoms with van der Waals surface area (Å²) in [7, 11) is 0. The summed E-state index contributed by atoms with van der Waals surface area (Å²) in [5, 5.41) is 10.8. The number of likely N-dealkylation sites (tertiary alicyclic amines) is 1. The van der Waals surface area contributed by atoms with Crippen molar-refractivity contribution in [2.75, 3.05) is 36.8 Å². The van der Waals surface area contributed by atoms with Crippen LogP contribution in [0.25, 0.3) is 0 Å². The van der Waals surface area contributed by atoms with E-state index >= 15 is 0 Å². The highest BCUT2D eigenvalue weighted by Crippen LogP contribution is 2.24. The van der Waals surface area contributed by atoms with Gasteiger partial charge in [0.25, 0.3) is 0 Å². The molecule has 0 unspecified atom stereocenters. The third-order valence-electron chi connectivity index (χ3n) is 6.41. The molecule has 162 valence electrons. The Morgan fingerprint density at radius 2 is 1.67 bits per heavy atom. The SMILES string of the molecule is Cc1ccc(Nc2ncc(C)c(NC3CCC(NCCN4CCCC4)CC3)n2)cc1. The minimum absolute atomic E-state index is 0.488. The molecule has 6 heteroatoms. The van der Waals surface area contributed by atoms with E-state index in [1.165, 1.54) is 63.7 Å². The van der Waals surface area contributed by atoms with Gasteiger partial charge in [-0.1, -0.05) is 17.7 Å². The lowest BCUT2D eigenvalue weighted by molar-refractivity contribution is 0.303. The number of aromatic nitrogens is 2. The molecule has 30 heavy (non-hydrogen) atoms. The Bertz CT molecular complexity index is 792. The number of rotatable bonds is 8. The Balaban J connectivity index is 1.24. The average molecular weight is 409 g/mol. The maximum absolute atomic E-state index is 4.74. The first-order valence-corrected chi connectivity index (χ1v) is 11.6. The van der Waals surface area contributed by atoms with Gasteiger partial charge in [-0.25, -0.2) is 4.98 Å². The van der Waals surface area contributed by atoms with Crippen LogP contribution in [-0.2, 0) is 0 Å². The smallest absolute Gasteiger partial charge is 0.229 e. The Labute approximate surface area is 180 Å². The normalized spacial score (nSPS) is 22.2. The van der Waals surface area contributed by atoms with E-state index in [2.05, 4.69) is 63.9 Å². The van der Waals surface area contributed by atoms with Gasteiger partial charge >= 0.3 is 0 Å². The highest BCUT2D eigenvalue weighted by Gasteiger charge is 2.22. The lowest BCUT2D eigenvalue weighted by Crippen LogP contribution is -2.40. The predicted octanol–water partition coefficient (Wildman–Crippen LogP) is 4.25. The van der Waals surface area contributed by atoms with Crippen molar-refractivity contribution in [3.05, 3.63) is 41.6 Å². The van der Waals surface area contributed by atoms with Crippen molar-refractivity contribution in [3.63, 3.8) is 0 Å². The van der Waals surface area contributed by atoms with E-state index in [0.29, 0.717) is 18.0 Å². The van der Waals surface area contributed by atoms with Gasteiger partial charge in [-0.2, -0.15) is 4.98 Å². The predicted molar refractivity (Wildman–Crippen MR) is 125 cm³/mol. The van der Waals surface area contributed by atoms with Gasteiger partial charge in [0.05, 0.1) is 0 Å². The molecule has 6 nitrogen and oxygen atoms in total. The number of benzene rings is 1. The molecule has 1 aromatic heterocycles. The maximum atomic E-state index is 4.74. The molecular weight excluding hydrogens is 372 g/mol. The van der Waals surface area contributed by atoms with Crippen LogP contribution in [-0.4, -0.2) is 53.1 Å². The van der Waals surface area contributed by atoms with Crippen LogP contribution in [0.2, 0.25) is 0 Å². The lowest BCUT2D eigenvalue weighted by Gasteiger charge is -2.31. The topological polar surface area (TPSA) is 65.1 Å². The van der Waals surface area contributed by atoms with Crippen molar-refractivity contribution in [2.45, 2.75) is 64.5 Å². The van der Waals surface area contributed by atoms with Crippen molar-refractivity contribution in [3.8, 4) is 0 Å². The first kappa shape index (κ1) is 21.1. The van der Waals surface area contributed by atoms with Gasteiger partial charge in [0.15, 0.2) is 0 Å². The van der Waals surface area contributed by atoms with Gasteiger partial charge < -0.3 is 20.9 Å². The van der Waals surface area contributed by atoms with Gasteiger partial charge in [0, 0.05) is 42.6 Å². The summed E-state index contributed by atoms with van der Waals surface area (Å²) in [5.41, 5.74) is 3.35. The van der Waals surface area contributed by atoms with Crippen LogP contribution in [0.3, 0.4) is 0 Å². The molecule has 1 aliphatic carbocycles. The molecule has 1 aromatic carbocycles. The van der Waals surface area contributed by atoms with E-state index in [1.54, 1.807) is 0 Å². The van der Waals surface area contributed by atoms with Gasteiger partial charge in [0.1, 0.15) is 5.82 Å². The van der Waals surface area contributed by atoms with Gasteiger partial charge in [-0.05, 0) is 77.6 Å². The third kappa shape index (κ3) is 5.92. The Morgan fingerprint density at radius 1 is 0.967 bits per heavy atom. The number of anilines is 3. The van der Waals surface area contributed by atoms with Gasteiger partial charge in [-0.3, -0.25) is 0 Å². The molecular formula is C24H36N6. The molecule has 0 spiro atoms. The molecule has 3 N–H and O–H groups in total. The van der Waals surface area contributed by atoms with E-state index < -0.39 is 0 Å². The first-order chi connectivity index (χ1) is 14.7. The second kappa shape index (κ2) is 10.2. The summed E-state index contributed by atoms with van der Waals surface area (Å²) in [4.78, 5) is 11.8. The van der Waals surface area contributed by atoms with Crippen LogP contribution in [0, 0.1) is 13.8 Å². The van der Waals surface area contributed by atoms with Crippen molar-refractivity contribution in [1.82, 2.24) is 20.2 Å². The summed E-state index contributed by atoms with van der Waals surface area (Å²) in [6, 6.07) is 9.45. The van der Waals surface area contributed by atoms with Crippen LogP contribution in [0.15, 0.2) is 30.5 Å². The van der Waals surface area contributed by atoms with Crippen LogP contribution >= 0.6 is 0 Å². The highest BCUT2D eigenvalue weighted by atomic mass is 15.2. The lowest BCUT2D eigenvalue weighted by atomic mass is 9.91. The van der Waals surface area contributed by atoms with Crippen LogP contribution in [0.4, 0.5) is 17.5 Å². The van der Waals surface area contributed by atoms with Crippen molar-refractivity contribution < 1.29 is 0 Å². The fourth-order valence-corrected chi connectivity index (χ4v) is 4.48. The maximum Gasteiger partial charge on any atom is 0.229 e. The largest absolute Gasteiger partial charge is 0.367 e. The van der Waals surface area contributed by atoms with Crippen molar-refractivity contribution in [2.24, 2.45) is 0 Å². The zero-order valence-electron chi connectivity index (χ0n) is 18.5. The summed E-state index contributed by atoms with van der Waals surface area (Å²) < 4.78 is 0. The van der Waals surface area contributed by atoms with Crippen LogP contribution < -0.4 is 16.0 Å². The Morgan fingerprint density at radius 3 is 2.40 bits per heavy atom. The van der Waals surface area contributed by atoms with Gasteiger partial charge in [-0.15, -0.1) is 0 Å². The van der Waals surface area contributed by atoms with E-state index in [-0.39, 0.29) is 0 Å². The summed E-state index contributed by atoms with van der Waals surface area (Å²) in [6.07, 6.45) is 9.49. The highest BCUT2D eigenvalue weighted by molar-refractivity contribution is 5.56. The molecule has 2 heterocycles. The molecule has 4 rings (SSSR count). The second-order valence-corrected chi connectivity index (χ2v) is 8.91. The monoisotopic (exact) mass is 408 g/mol. The minimum Gasteiger partial charge on any atom is -0.367 e. The summed E-state index contributed by atoms with van der Waals surface area (Å²) in [6.45, 7) is 9.07. The van der Waals surface area contributed by atoms with Crippen molar-refractivity contribution >= 4 is 17.5 Å². The van der Waals surface area contributed by atoms with Crippen molar-refractivity contribution in [1.29, 1.82) is 0 Å². The zero-order chi connectivity index (χ0) is 20.8. The summed E-state index contributed by atoms with van der Waals surface area (Å²) in [5.74, 6) is 1.59. The molecule has 1 saturated heterocycles. The zero-order valence-corrected chi connectivity index (χ0v) is 18.5. The Hall–Kier alpha value is -2.18. The molecule has 0 radical (unpaired) electrons. The third-order valence-corrected chi connectivity index (χ3v) is 6.41. The molecule has 1 saturated carbocycles. The van der Waals surface area contributed by atoms with Crippen LogP contribution in [0.1, 0.15) is 49.7 Å². The first-order valence-electron chi connectivity index (χ1n) is 11.6. The van der Waals surface area contributed by atoms with E-state index in [0.717, 1.165) is 23.6 Å². The number of aryl methyl sites for hydroxylation is 2. The molecule has 2 aliphatic rings. The van der Waals surface area contributed by atoms with Crippen LogP contribution in [0.5, 0.6) is 0 Å². The molecule has 2 fully saturated rings. The standard InChI is InChI=1S/C24H36N6/c1-18-5-7-22(8-6-18)28-24-26-17-19(2)23(29-24)27-21-11-9-20(10-12-21)25-13-16-30-14-3-4-15-30/h5-8,17,20-21,25H,3-4,9-16H2,1-2H3,(H2,26,27,28,29). The quantitative estimate of drug-likeness (QED) is 0.607. The number of hydrogen-bond donors (Lipinski definition) is 3. The fourth-order valence-electron chi connectivity index (χ4n) is 4.48. The fraction of sp³-hybridized carbons (Fsp3) is 0.583. The Kier molecular flexibility index (Phi) is 7.18. The summed E-state index contributed by atoms with van der Waals surface area (Å²) >= 11 is 0. The molecule has 0 bridgehead atoms. The number of nitrogens with zero attached hydrogens (tertiary/aromatic N) is 3. The average Bonchev–Trinajstić information content (AvgIpc) is 3.27. The van der Waals surface area contributed by atoms with E-state index in [9.17, 15) is 0 Å². The molecule has 0 atom stereocenters. The van der Waals surface area contributed by atoms with E-state index in [1.807, 2.05) is 6.20 Å². The second-order valence-electron chi connectivity index (χ2n) is 8.91. The van der Waals surface area contributed by atoms with Gasteiger partial charge in [0.2, 0.25) is 5.95 Å².